The first-order chi connectivity index (χ1) is 6.29. The Kier molecular flexibility index (Phi) is 2.88. The maximum atomic E-state index is 5.31. The second-order valence-electron chi connectivity index (χ2n) is 2.36. The second kappa shape index (κ2) is 4.13. The molecule has 0 unspecified atom stereocenters. The number of hydrogen-bond donors (Lipinski definition) is 0. The zero-order valence-electron chi connectivity index (χ0n) is 7.27. The molecule has 2 nitrogen and oxygen atoms in total. The molecule has 13 heavy (non-hydrogen) atoms. The van der Waals surface area contributed by atoms with E-state index in [0.29, 0.717) is 5.70 Å². The number of nitrogens with zero attached hydrogens (tertiary/aromatic N) is 2. The molecular weight excluding hydrogens is 160 g/mol. The van der Waals surface area contributed by atoms with Crippen LogP contribution >= 0.6 is 0 Å². The Labute approximate surface area is 78.2 Å². The van der Waals surface area contributed by atoms with Crippen molar-refractivity contribution in [3.05, 3.63) is 48.9 Å². The average molecular weight is 170 g/mol. The highest BCUT2D eigenvalue weighted by Crippen LogP contribution is 2.15. The largest absolute Gasteiger partial charge is 0.226 e. The van der Waals surface area contributed by atoms with E-state index in [0.717, 1.165) is 5.70 Å². The van der Waals surface area contributed by atoms with Crippen molar-refractivity contribution in [3.8, 4) is 12.3 Å². The maximum Gasteiger partial charge on any atom is 0.115 e. The predicted octanol–water partition coefficient (Wildman–Crippen LogP) is 2.06. The lowest BCUT2D eigenvalue weighted by atomic mass is 10.3. The Bertz CT molecular complexity index is 351. The van der Waals surface area contributed by atoms with Crippen LogP contribution in [0.15, 0.2) is 54.0 Å². The number of rotatable bonds is 2. The average Bonchev–Trinajstić information content (AvgIpc) is 2.16. The Balaban J connectivity index is 2.95. The lowest BCUT2D eigenvalue weighted by Crippen LogP contribution is -2.15. The van der Waals surface area contributed by atoms with Gasteiger partial charge in [0.1, 0.15) is 5.70 Å². The third-order valence-electron chi connectivity index (χ3n) is 1.48. The first-order valence-electron chi connectivity index (χ1n) is 3.78. The first-order valence-corrected chi connectivity index (χ1v) is 3.78. The zero-order valence-corrected chi connectivity index (χ0v) is 7.27. The summed E-state index contributed by atoms with van der Waals surface area (Å²) in [5.41, 5.74) is 1.37. The lowest BCUT2D eigenvalue weighted by Gasteiger charge is -2.20. The van der Waals surface area contributed by atoms with Crippen LogP contribution in [0.1, 0.15) is 0 Å². The molecule has 64 valence electrons. The van der Waals surface area contributed by atoms with E-state index in [1.54, 1.807) is 29.5 Å². The molecule has 1 rings (SSSR count). The monoisotopic (exact) mass is 170 g/mol. The Morgan fingerprint density at radius 3 is 3.00 bits per heavy atom. The summed E-state index contributed by atoms with van der Waals surface area (Å²) in [4.78, 5) is 0. The van der Waals surface area contributed by atoms with Crippen LogP contribution in [0, 0.1) is 12.3 Å². The van der Waals surface area contributed by atoms with Crippen molar-refractivity contribution in [2.24, 2.45) is 5.10 Å². The van der Waals surface area contributed by atoms with Crippen LogP contribution < -0.4 is 0 Å². The molecule has 0 radical (unpaired) electrons. The Hall–Kier alpha value is -2.01. The highest BCUT2D eigenvalue weighted by molar-refractivity contribution is 5.73. The van der Waals surface area contributed by atoms with E-state index in [1.807, 2.05) is 6.08 Å². The van der Waals surface area contributed by atoms with Gasteiger partial charge in [0, 0.05) is 6.21 Å². The number of terminal acetylenes is 1. The topological polar surface area (TPSA) is 15.6 Å². The van der Waals surface area contributed by atoms with Gasteiger partial charge in [-0.25, -0.2) is 5.01 Å². The molecule has 0 amide bonds. The summed E-state index contributed by atoms with van der Waals surface area (Å²) in [7, 11) is 0. The number of hydrazone groups is 1. The molecule has 0 fully saturated rings. The second-order valence-corrected chi connectivity index (χ2v) is 2.36. The van der Waals surface area contributed by atoms with Crippen molar-refractivity contribution in [3.63, 3.8) is 0 Å². The highest BCUT2D eigenvalue weighted by Gasteiger charge is 2.08. The van der Waals surface area contributed by atoms with Gasteiger partial charge in [0.2, 0.25) is 0 Å². The fraction of sp³-hybridized carbons (Fsp3) is 0. The van der Waals surface area contributed by atoms with Gasteiger partial charge in [-0.05, 0) is 18.2 Å². The standard InChI is InChI=1S/C11H10N2/c1-4-7-11(5-2)13-10(3)8-6-9-12-13/h2,4,6-9H,1,3H2. The summed E-state index contributed by atoms with van der Waals surface area (Å²) in [6, 6.07) is 0. The van der Waals surface area contributed by atoms with Gasteiger partial charge in [0.15, 0.2) is 0 Å². The van der Waals surface area contributed by atoms with Gasteiger partial charge >= 0.3 is 0 Å². The highest BCUT2D eigenvalue weighted by atomic mass is 15.5. The van der Waals surface area contributed by atoms with Crippen molar-refractivity contribution in [2.45, 2.75) is 0 Å². The van der Waals surface area contributed by atoms with Crippen molar-refractivity contribution in [1.29, 1.82) is 0 Å². The van der Waals surface area contributed by atoms with E-state index in [2.05, 4.69) is 24.2 Å². The van der Waals surface area contributed by atoms with Crippen molar-refractivity contribution >= 4 is 6.21 Å². The van der Waals surface area contributed by atoms with Gasteiger partial charge in [-0.15, -0.1) is 6.42 Å². The molecule has 0 N–H and O–H groups in total. The quantitative estimate of drug-likeness (QED) is 0.457. The van der Waals surface area contributed by atoms with Gasteiger partial charge in [0.05, 0.1) is 5.70 Å². The predicted molar refractivity (Wildman–Crippen MR) is 55.7 cm³/mol. The lowest BCUT2D eigenvalue weighted by molar-refractivity contribution is 0.490. The van der Waals surface area contributed by atoms with Gasteiger partial charge < -0.3 is 0 Å². The van der Waals surface area contributed by atoms with Crippen LogP contribution in [-0.2, 0) is 0 Å². The number of hydrogen-bond acceptors (Lipinski definition) is 2. The summed E-state index contributed by atoms with van der Waals surface area (Å²) in [5, 5.41) is 5.65. The van der Waals surface area contributed by atoms with Crippen LogP contribution in [0.2, 0.25) is 0 Å². The molecule has 2 heteroatoms. The fourth-order valence-electron chi connectivity index (χ4n) is 0.912. The van der Waals surface area contributed by atoms with E-state index in [9.17, 15) is 0 Å². The van der Waals surface area contributed by atoms with Gasteiger partial charge in [-0.1, -0.05) is 25.2 Å². The van der Waals surface area contributed by atoms with Crippen molar-refractivity contribution in [1.82, 2.24) is 5.01 Å². The Morgan fingerprint density at radius 1 is 1.69 bits per heavy atom. The SMILES string of the molecule is C#CC(=CC=C)N1N=CC=CC1=C. The third kappa shape index (κ3) is 1.97. The van der Waals surface area contributed by atoms with Crippen LogP contribution in [0.5, 0.6) is 0 Å². The minimum atomic E-state index is 0.626. The van der Waals surface area contributed by atoms with Crippen LogP contribution in [0.4, 0.5) is 0 Å². The van der Waals surface area contributed by atoms with E-state index < -0.39 is 0 Å². The van der Waals surface area contributed by atoms with E-state index in [-0.39, 0.29) is 0 Å². The summed E-state index contributed by atoms with van der Waals surface area (Å²) in [5.74, 6) is 2.51. The van der Waals surface area contributed by atoms with Crippen molar-refractivity contribution < 1.29 is 0 Å². The molecule has 0 bridgehead atoms. The van der Waals surface area contributed by atoms with Crippen LogP contribution in [0.25, 0.3) is 0 Å². The summed E-state index contributed by atoms with van der Waals surface area (Å²) in [6.45, 7) is 7.37. The molecule has 1 aliphatic heterocycles. The first kappa shape index (κ1) is 9.08. The Morgan fingerprint density at radius 2 is 2.46 bits per heavy atom. The zero-order chi connectivity index (χ0) is 9.68. The molecule has 0 atom stereocenters. The molecule has 0 saturated heterocycles. The molecule has 1 heterocycles. The third-order valence-corrected chi connectivity index (χ3v) is 1.48. The molecular formula is C11H10N2. The van der Waals surface area contributed by atoms with Crippen LogP contribution in [0.3, 0.4) is 0 Å². The van der Waals surface area contributed by atoms with Crippen molar-refractivity contribution in [2.75, 3.05) is 0 Å². The molecule has 0 saturated carbocycles. The van der Waals surface area contributed by atoms with E-state index >= 15 is 0 Å². The molecule has 0 aromatic heterocycles. The molecule has 0 aromatic carbocycles. The molecule has 0 spiro atoms. The molecule has 0 aromatic rings. The van der Waals surface area contributed by atoms with E-state index in [1.165, 1.54) is 0 Å². The normalized spacial score (nSPS) is 15.8. The molecule has 1 aliphatic rings. The van der Waals surface area contributed by atoms with Gasteiger partial charge in [0.25, 0.3) is 0 Å². The molecule has 0 aliphatic carbocycles. The summed E-state index contributed by atoms with van der Waals surface area (Å²) < 4.78 is 0. The fourth-order valence-corrected chi connectivity index (χ4v) is 0.912. The minimum Gasteiger partial charge on any atom is -0.226 e. The van der Waals surface area contributed by atoms with Gasteiger partial charge in [-0.3, -0.25) is 0 Å². The van der Waals surface area contributed by atoms with Gasteiger partial charge in [-0.2, -0.15) is 5.10 Å². The summed E-state index contributed by atoms with van der Waals surface area (Å²) >= 11 is 0. The summed E-state index contributed by atoms with van der Waals surface area (Å²) in [6.07, 6.45) is 13.9. The minimum absolute atomic E-state index is 0.626. The smallest absolute Gasteiger partial charge is 0.115 e. The van der Waals surface area contributed by atoms with E-state index in [4.69, 9.17) is 6.42 Å². The number of allylic oxidation sites excluding steroid dienone is 5. The maximum absolute atomic E-state index is 5.31. The van der Waals surface area contributed by atoms with Crippen LogP contribution in [-0.4, -0.2) is 11.2 Å².